The van der Waals surface area contributed by atoms with Crippen LogP contribution in [0.25, 0.3) is 0 Å². The highest BCUT2D eigenvalue weighted by molar-refractivity contribution is 6.09. The molecule has 3 N–H and O–H groups in total. The third-order valence-corrected chi connectivity index (χ3v) is 3.02. The van der Waals surface area contributed by atoms with Crippen LogP contribution in [0, 0.1) is 0 Å². The molecular formula is C16H15NO3. The van der Waals surface area contributed by atoms with Gasteiger partial charge in [-0.15, -0.1) is 0 Å². The second-order valence-electron chi connectivity index (χ2n) is 4.50. The van der Waals surface area contributed by atoms with Gasteiger partial charge in [-0.3, -0.25) is 9.59 Å². The van der Waals surface area contributed by atoms with Gasteiger partial charge in [0.05, 0.1) is 6.42 Å². The maximum atomic E-state index is 12.2. The van der Waals surface area contributed by atoms with Gasteiger partial charge in [0, 0.05) is 17.7 Å². The Kier molecular flexibility index (Phi) is 4.27. The number of benzene rings is 2. The molecule has 0 heterocycles. The summed E-state index contributed by atoms with van der Waals surface area (Å²) in [6.45, 7) is 0.443. The van der Waals surface area contributed by atoms with Crippen molar-refractivity contribution in [3.05, 3.63) is 70.8 Å². The first-order chi connectivity index (χ1) is 9.60. The highest BCUT2D eigenvalue weighted by Gasteiger charge is 2.09. The molecule has 20 heavy (non-hydrogen) atoms. The summed E-state index contributed by atoms with van der Waals surface area (Å²) < 4.78 is 0. The van der Waals surface area contributed by atoms with E-state index in [1.54, 1.807) is 36.4 Å². The highest BCUT2D eigenvalue weighted by atomic mass is 16.4. The van der Waals surface area contributed by atoms with E-state index in [2.05, 4.69) is 0 Å². The Hall–Kier alpha value is -2.46. The summed E-state index contributed by atoms with van der Waals surface area (Å²) in [6, 6.07) is 13.8. The largest absolute Gasteiger partial charge is 0.481 e. The van der Waals surface area contributed by atoms with Gasteiger partial charge in [-0.25, -0.2) is 0 Å². The van der Waals surface area contributed by atoms with E-state index in [1.165, 1.54) is 0 Å². The SMILES string of the molecule is NCc1ccc(C(=O)c2ccc(CC(=O)O)cc2)cc1. The van der Waals surface area contributed by atoms with E-state index in [9.17, 15) is 9.59 Å². The first-order valence-electron chi connectivity index (χ1n) is 6.24. The van der Waals surface area contributed by atoms with Crippen molar-refractivity contribution in [1.29, 1.82) is 0 Å². The van der Waals surface area contributed by atoms with E-state index in [-0.39, 0.29) is 12.2 Å². The predicted molar refractivity (Wildman–Crippen MR) is 75.5 cm³/mol. The molecule has 0 amide bonds. The fourth-order valence-corrected chi connectivity index (χ4v) is 1.91. The van der Waals surface area contributed by atoms with Gasteiger partial charge in [0.15, 0.2) is 5.78 Å². The third kappa shape index (κ3) is 3.30. The van der Waals surface area contributed by atoms with Crippen LogP contribution >= 0.6 is 0 Å². The molecule has 0 aliphatic carbocycles. The zero-order valence-corrected chi connectivity index (χ0v) is 10.9. The lowest BCUT2D eigenvalue weighted by Gasteiger charge is -2.04. The molecule has 0 unspecified atom stereocenters. The van der Waals surface area contributed by atoms with E-state index >= 15 is 0 Å². The Bertz CT molecular complexity index is 615. The van der Waals surface area contributed by atoms with Crippen LogP contribution in [0.2, 0.25) is 0 Å². The van der Waals surface area contributed by atoms with Gasteiger partial charge in [-0.2, -0.15) is 0 Å². The molecule has 0 radical (unpaired) electrons. The van der Waals surface area contributed by atoms with E-state index in [1.807, 2.05) is 12.1 Å². The number of aliphatic carboxylic acids is 1. The molecule has 4 heteroatoms. The number of carbonyl (C=O) groups excluding carboxylic acids is 1. The molecule has 2 aromatic rings. The Labute approximate surface area is 116 Å². The summed E-state index contributed by atoms with van der Waals surface area (Å²) in [5.41, 5.74) is 8.29. The normalized spacial score (nSPS) is 10.2. The van der Waals surface area contributed by atoms with Gasteiger partial charge in [0.25, 0.3) is 0 Å². The molecule has 0 saturated carbocycles. The average molecular weight is 269 g/mol. The zero-order valence-electron chi connectivity index (χ0n) is 10.9. The quantitative estimate of drug-likeness (QED) is 0.813. The van der Waals surface area contributed by atoms with Crippen molar-refractivity contribution in [3.8, 4) is 0 Å². The lowest BCUT2D eigenvalue weighted by Crippen LogP contribution is -2.04. The minimum atomic E-state index is -0.888. The number of hydrogen-bond acceptors (Lipinski definition) is 3. The minimum Gasteiger partial charge on any atom is -0.481 e. The maximum Gasteiger partial charge on any atom is 0.307 e. The van der Waals surface area contributed by atoms with Gasteiger partial charge < -0.3 is 10.8 Å². The number of hydrogen-bond donors (Lipinski definition) is 2. The summed E-state index contributed by atoms with van der Waals surface area (Å²) in [7, 11) is 0. The zero-order chi connectivity index (χ0) is 14.5. The number of carboxylic acids is 1. The van der Waals surface area contributed by atoms with Gasteiger partial charge in [0.2, 0.25) is 0 Å². The van der Waals surface area contributed by atoms with Crippen LogP contribution in [0.15, 0.2) is 48.5 Å². The third-order valence-electron chi connectivity index (χ3n) is 3.02. The second-order valence-corrected chi connectivity index (χ2v) is 4.50. The summed E-state index contributed by atoms with van der Waals surface area (Å²) >= 11 is 0. The van der Waals surface area contributed by atoms with Crippen LogP contribution < -0.4 is 5.73 Å². The minimum absolute atomic E-state index is 0.0420. The smallest absolute Gasteiger partial charge is 0.307 e. The maximum absolute atomic E-state index is 12.2. The van der Waals surface area contributed by atoms with Gasteiger partial charge in [0.1, 0.15) is 0 Å². The molecule has 0 saturated heterocycles. The van der Waals surface area contributed by atoms with E-state index < -0.39 is 5.97 Å². The van der Waals surface area contributed by atoms with Gasteiger partial charge in [-0.1, -0.05) is 48.5 Å². The standard InChI is InChI=1S/C16H15NO3/c17-10-12-3-7-14(8-4-12)16(20)13-5-1-11(2-6-13)9-15(18)19/h1-8H,9-10,17H2,(H,18,19). The Morgan fingerprint density at radius 1 is 0.850 bits per heavy atom. The van der Waals surface area contributed by atoms with Gasteiger partial charge in [-0.05, 0) is 11.1 Å². The van der Waals surface area contributed by atoms with Crippen molar-refractivity contribution >= 4 is 11.8 Å². The van der Waals surface area contributed by atoms with Crippen LogP contribution in [-0.4, -0.2) is 16.9 Å². The van der Waals surface area contributed by atoms with Crippen molar-refractivity contribution in [2.24, 2.45) is 5.73 Å². The van der Waals surface area contributed by atoms with Crippen LogP contribution in [0.3, 0.4) is 0 Å². The molecule has 0 fully saturated rings. The molecule has 0 spiro atoms. The Morgan fingerprint density at radius 3 is 1.70 bits per heavy atom. The number of rotatable bonds is 5. The molecule has 0 aliphatic rings. The van der Waals surface area contributed by atoms with Crippen LogP contribution in [0.4, 0.5) is 0 Å². The molecule has 4 nitrogen and oxygen atoms in total. The summed E-state index contributed by atoms with van der Waals surface area (Å²) in [4.78, 5) is 22.8. The monoisotopic (exact) mass is 269 g/mol. The van der Waals surface area contributed by atoms with Crippen LogP contribution in [-0.2, 0) is 17.8 Å². The molecule has 0 aromatic heterocycles. The van der Waals surface area contributed by atoms with Crippen molar-refractivity contribution in [3.63, 3.8) is 0 Å². The molecule has 0 bridgehead atoms. The van der Waals surface area contributed by atoms with Crippen LogP contribution in [0.1, 0.15) is 27.0 Å². The topological polar surface area (TPSA) is 80.4 Å². The van der Waals surface area contributed by atoms with Crippen molar-refractivity contribution < 1.29 is 14.7 Å². The molecular weight excluding hydrogens is 254 g/mol. The number of ketones is 1. The molecule has 2 rings (SSSR count). The summed E-state index contributed by atoms with van der Waals surface area (Å²) in [5.74, 6) is -0.975. The Balaban J connectivity index is 2.17. The lowest BCUT2D eigenvalue weighted by molar-refractivity contribution is -0.136. The average Bonchev–Trinajstić information content (AvgIpc) is 2.47. The first kappa shape index (κ1) is 14.0. The number of nitrogens with two attached hydrogens (primary N) is 1. The fourth-order valence-electron chi connectivity index (χ4n) is 1.91. The molecule has 102 valence electrons. The van der Waals surface area contributed by atoms with E-state index in [4.69, 9.17) is 10.8 Å². The van der Waals surface area contributed by atoms with Crippen molar-refractivity contribution in [2.75, 3.05) is 0 Å². The molecule has 0 atom stereocenters. The second kappa shape index (κ2) is 6.12. The van der Waals surface area contributed by atoms with E-state index in [0.29, 0.717) is 23.2 Å². The van der Waals surface area contributed by atoms with E-state index in [0.717, 1.165) is 5.56 Å². The first-order valence-corrected chi connectivity index (χ1v) is 6.24. The summed E-state index contributed by atoms with van der Waals surface area (Å²) in [5, 5.41) is 8.70. The molecule has 0 aliphatic heterocycles. The number of carboxylic acid groups (broad SMARTS) is 1. The van der Waals surface area contributed by atoms with Crippen LogP contribution in [0.5, 0.6) is 0 Å². The van der Waals surface area contributed by atoms with Crippen molar-refractivity contribution in [1.82, 2.24) is 0 Å². The summed E-state index contributed by atoms with van der Waals surface area (Å²) in [6.07, 6.45) is -0.0420. The number of carbonyl (C=O) groups is 2. The van der Waals surface area contributed by atoms with Gasteiger partial charge >= 0.3 is 5.97 Å². The lowest BCUT2D eigenvalue weighted by atomic mass is 10.0. The predicted octanol–water partition coefficient (Wildman–Crippen LogP) is 2.00. The fraction of sp³-hybridized carbons (Fsp3) is 0.125. The molecule has 2 aromatic carbocycles. The highest BCUT2D eigenvalue weighted by Crippen LogP contribution is 2.12. The van der Waals surface area contributed by atoms with Crippen molar-refractivity contribution in [2.45, 2.75) is 13.0 Å². The Morgan fingerprint density at radius 2 is 1.30 bits per heavy atom.